The average molecular weight is 535 g/mol. The first kappa shape index (κ1) is 29.7. The fourth-order valence-corrected chi connectivity index (χ4v) is 5.15. The second-order valence-electron chi connectivity index (χ2n) is 9.98. The number of carbonyl (C=O) groups is 1. The molecule has 2 fully saturated rings. The molecule has 0 spiro atoms. The van der Waals surface area contributed by atoms with Crippen LogP contribution in [-0.4, -0.2) is 72.9 Å². The molecule has 2 aliphatic heterocycles. The summed E-state index contributed by atoms with van der Waals surface area (Å²) in [7, 11) is 0. The molecule has 210 valence electrons. The van der Waals surface area contributed by atoms with Gasteiger partial charge in [-0.2, -0.15) is 0 Å². The van der Waals surface area contributed by atoms with Crippen molar-refractivity contribution >= 4 is 5.91 Å². The summed E-state index contributed by atoms with van der Waals surface area (Å²) >= 11 is 0. The highest BCUT2D eigenvalue weighted by molar-refractivity contribution is 5.81. The summed E-state index contributed by atoms with van der Waals surface area (Å²) in [5.74, 6) is -0.686. The van der Waals surface area contributed by atoms with Crippen LogP contribution in [0.25, 0.3) is 0 Å². The predicted octanol–water partition coefficient (Wildman–Crippen LogP) is 4.87. The van der Waals surface area contributed by atoms with Crippen molar-refractivity contribution in [2.24, 2.45) is 0 Å². The number of hydrogen-bond donors (Lipinski definition) is 2. The molecular weight excluding hydrogens is 495 g/mol. The second kappa shape index (κ2) is 13.8. The van der Waals surface area contributed by atoms with E-state index in [-0.39, 0.29) is 31.8 Å². The number of unbranched alkanes of at least 4 members (excludes halogenated alkanes) is 4. The Morgan fingerprint density at radius 1 is 1.14 bits per heavy atom. The number of amides is 1. The van der Waals surface area contributed by atoms with Crippen LogP contribution < -0.4 is 10.6 Å². The zero-order chi connectivity index (χ0) is 27.0. The van der Waals surface area contributed by atoms with E-state index in [2.05, 4.69) is 22.3 Å². The van der Waals surface area contributed by atoms with Crippen LogP contribution in [0.15, 0.2) is 24.3 Å². The van der Waals surface area contributed by atoms with Gasteiger partial charge in [0.15, 0.2) is 0 Å². The number of nitrogens with one attached hydrogen (secondary N) is 2. The van der Waals surface area contributed by atoms with Crippen molar-refractivity contribution in [1.82, 2.24) is 20.4 Å². The van der Waals surface area contributed by atoms with Gasteiger partial charge >= 0.3 is 6.36 Å². The number of nitrogens with zero attached hydrogens (tertiary/aromatic N) is 2. The Bertz CT molecular complexity index is 833. The third-order valence-corrected chi connectivity index (χ3v) is 7.14. The maximum absolute atomic E-state index is 15.9. The van der Waals surface area contributed by atoms with Gasteiger partial charge in [0.05, 0.1) is 31.0 Å². The van der Waals surface area contributed by atoms with Crippen LogP contribution >= 0.6 is 0 Å². The molecule has 0 bridgehead atoms. The molecule has 2 saturated heterocycles. The molecule has 0 aliphatic carbocycles. The van der Waals surface area contributed by atoms with Gasteiger partial charge in [-0.05, 0) is 43.9 Å². The van der Waals surface area contributed by atoms with Crippen molar-refractivity contribution < 1.29 is 31.5 Å². The number of benzene rings is 1. The summed E-state index contributed by atoms with van der Waals surface area (Å²) in [4.78, 5) is 16.5. The Hall–Kier alpha value is -1.82. The number of rotatable bonds is 11. The van der Waals surface area contributed by atoms with Gasteiger partial charge in [-0.1, -0.05) is 44.7 Å². The van der Waals surface area contributed by atoms with E-state index in [0.29, 0.717) is 18.8 Å². The molecule has 1 amide bonds. The molecular formula is C26H39F5N4O2. The van der Waals surface area contributed by atoms with E-state index < -0.39 is 42.7 Å². The maximum Gasteiger partial charge on any atom is 0.522 e. The fraction of sp³-hybridized carbons (Fsp3) is 0.731. The highest BCUT2D eigenvalue weighted by Crippen LogP contribution is 2.31. The number of ether oxygens (including phenoxy) is 1. The summed E-state index contributed by atoms with van der Waals surface area (Å²) in [6.45, 7) is 5.15. The van der Waals surface area contributed by atoms with E-state index in [1.165, 1.54) is 17.0 Å². The van der Waals surface area contributed by atoms with Crippen molar-refractivity contribution in [1.29, 1.82) is 0 Å². The van der Waals surface area contributed by atoms with Crippen LogP contribution in [0.3, 0.4) is 0 Å². The van der Waals surface area contributed by atoms with Crippen molar-refractivity contribution in [2.45, 2.75) is 95.7 Å². The minimum atomic E-state index is -4.70. The molecule has 37 heavy (non-hydrogen) atoms. The van der Waals surface area contributed by atoms with Gasteiger partial charge in [0, 0.05) is 19.6 Å². The van der Waals surface area contributed by atoms with Gasteiger partial charge < -0.3 is 4.90 Å². The number of likely N-dealkylation sites (tertiary alicyclic amines) is 1. The Kier molecular flexibility index (Phi) is 11.1. The molecule has 1 aromatic rings. The molecule has 3 rings (SSSR count). The molecule has 3 unspecified atom stereocenters. The number of piperidine rings is 1. The molecule has 4 atom stereocenters. The van der Waals surface area contributed by atoms with E-state index in [9.17, 15) is 22.4 Å². The zero-order valence-corrected chi connectivity index (χ0v) is 21.6. The molecule has 0 radical (unpaired) electrons. The SMILES string of the molecule is CCCCCCCN1CNC(N[C@H](C)C(=O)N2CCC(OC(F)(F)F)CC2)C(F)C1c1ccc(F)cc1. The van der Waals surface area contributed by atoms with E-state index in [4.69, 9.17) is 0 Å². The molecule has 11 heteroatoms. The predicted molar refractivity (Wildman–Crippen MR) is 131 cm³/mol. The highest BCUT2D eigenvalue weighted by Gasteiger charge is 2.41. The summed E-state index contributed by atoms with van der Waals surface area (Å²) < 4.78 is 71.0. The molecule has 0 saturated carbocycles. The van der Waals surface area contributed by atoms with Gasteiger partial charge in [0.1, 0.15) is 12.0 Å². The minimum Gasteiger partial charge on any atom is -0.341 e. The van der Waals surface area contributed by atoms with Crippen molar-refractivity contribution in [2.75, 3.05) is 26.3 Å². The Balaban J connectivity index is 1.59. The first-order valence-electron chi connectivity index (χ1n) is 13.3. The monoisotopic (exact) mass is 534 g/mol. The summed E-state index contributed by atoms with van der Waals surface area (Å²) in [5, 5.41) is 6.20. The fourth-order valence-electron chi connectivity index (χ4n) is 5.15. The first-order valence-corrected chi connectivity index (χ1v) is 13.3. The first-order chi connectivity index (χ1) is 17.6. The Morgan fingerprint density at radius 2 is 1.78 bits per heavy atom. The smallest absolute Gasteiger partial charge is 0.341 e. The van der Waals surface area contributed by atoms with Gasteiger partial charge in [0.2, 0.25) is 5.91 Å². The molecule has 2 aliphatic rings. The van der Waals surface area contributed by atoms with Crippen molar-refractivity contribution in [3.8, 4) is 0 Å². The van der Waals surface area contributed by atoms with E-state index in [1.807, 2.05) is 4.90 Å². The maximum atomic E-state index is 15.9. The number of carbonyl (C=O) groups excluding carboxylic acids is 1. The third-order valence-electron chi connectivity index (χ3n) is 7.14. The van der Waals surface area contributed by atoms with Crippen LogP contribution in [-0.2, 0) is 9.53 Å². The summed E-state index contributed by atoms with van der Waals surface area (Å²) in [6, 6.07) is 4.49. The summed E-state index contributed by atoms with van der Waals surface area (Å²) in [6.07, 6.45) is -2.32. The molecule has 1 aromatic carbocycles. The van der Waals surface area contributed by atoms with E-state index >= 15 is 4.39 Å². The highest BCUT2D eigenvalue weighted by atomic mass is 19.4. The lowest BCUT2D eigenvalue weighted by atomic mass is 9.96. The quantitative estimate of drug-likeness (QED) is 0.314. The van der Waals surface area contributed by atoms with Crippen molar-refractivity contribution in [3.05, 3.63) is 35.6 Å². The van der Waals surface area contributed by atoms with Crippen LogP contribution in [0.2, 0.25) is 0 Å². The largest absolute Gasteiger partial charge is 0.522 e. The van der Waals surface area contributed by atoms with Gasteiger partial charge in [-0.25, -0.2) is 8.78 Å². The van der Waals surface area contributed by atoms with Crippen LogP contribution in [0.1, 0.15) is 70.4 Å². The topological polar surface area (TPSA) is 56.8 Å². The van der Waals surface area contributed by atoms with Gasteiger partial charge in [-0.15, -0.1) is 13.2 Å². The van der Waals surface area contributed by atoms with Crippen LogP contribution in [0.4, 0.5) is 22.0 Å². The van der Waals surface area contributed by atoms with Crippen molar-refractivity contribution in [3.63, 3.8) is 0 Å². The normalized spacial score (nSPS) is 24.8. The Labute approximate surface area is 215 Å². The van der Waals surface area contributed by atoms with Gasteiger partial charge in [0.25, 0.3) is 0 Å². The van der Waals surface area contributed by atoms with Crippen LogP contribution in [0.5, 0.6) is 0 Å². The van der Waals surface area contributed by atoms with Crippen LogP contribution in [0, 0.1) is 5.82 Å². The lowest BCUT2D eigenvalue weighted by Crippen LogP contribution is -2.64. The number of hydrogen-bond acceptors (Lipinski definition) is 5. The molecule has 0 aromatic heterocycles. The third kappa shape index (κ3) is 8.87. The molecule has 2 N–H and O–H groups in total. The lowest BCUT2D eigenvalue weighted by Gasteiger charge is -2.44. The second-order valence-corrected chi connectivity index (χ2v) is 9.98. The number of alkyl halides is 4. The molecule has 6 nitrogen and oxygen atoms in total. The minimum absolute atomic E-state index is 0.0885. The number of halogens is 5. The standard InChI is InChI=1S/C26H39F5N4O2/c1-3-4-5-6-7-14-35-17-32-24(22(28)23(35)19-8-10-20(27)11-9-19)33-18(2)25(36)34-15-12-21(13-16-34)37-26(29,30)31/h8-11,18,21-24,32-33H,3-7,12-17H2,1-2H3/t18-,22?,23?,24?/m1/s1. The zero-order valence-electron chi connectivity index (χ0n) is 21.6. The summed E-state index contributed by atoms with van der Waals surface area (Å²) in [5.41, 5.74) is 0.668. The Morgan fingerprint density at radius 3 is 2.41 bits per heavy atom. The van der Waals surface area contributed by atoms with E-state index in [0.717, 1.165) is 32.1 Å². The lowest BCUT2D eigenvalue weighted by molar-refractivity contribution is -0.345. The molecule has 2 heterocycles. The van der Waals surface area contributed by atoms with E-state index in [1.54, 1.807) is 19.1 Å². The van der Waals surface area contributed by atoms with Gasteiger partial charge in [-0.3, -0.25) is 25.1 Å². The average Bonchev–Trinajstić information content (AvgIpc) is 2.85.